The first-order valence-electron chi connectivity index (χ1n) is 7.34. The lowest BCUT2D eigenvalue weighted by molar-refractivity contribution is -0.121. The van der Waals surface area contributed by atoms with Gasteiger partial charge in [-0.15, -0.1) is 0 Å². The molecule has 5 heteroatoms. The highest BCUT2D eigenvalue weighted by atomic mass is 16.3. The van der Waals surface area contributed by atoms with E-state index in [1.54, 1.807) is 0 Å². The highest BCUT2D eigenvalue weighted by Gasteiger charge is 2.25. The third-order valence-corrected chi connectivity index (χ3v) is 3.85. The number of carbonyl (C=O) groups is 1. The first kappa shape index (κ1) is 16.4. The molecule has 1 aliphatic heterocycles. The number of likely N-dealkylation sites (N-methyl/N-ethyl adjacent to an activating group) is 1. The lowest BCUT2D eigenvalue weighted by Gasteiger charge is -2.39. The van der Waals surface area contributed by atoms with Crippen LogP contribution in [0.4, 0.5) is 0 Å². The number of amides is 1. The Bertz CT molecular complexity index is 263. The zero-order chi connectivity index (χ0) is 14.3. The van der Waals surface area contributed by atoms with Crippen molar-refractivity contribution in [1.82, 2.24) is 15.1 Å². The molecule has 0 aromatic rings. The normalized spacial score (nSPS) is 19.6. The van der Waals surface area contributed by atoms with Crippen molar-refractivity contribution in [2.24, 2.45) is 5.92 Å². The van der Waals surface area contributed by atoms with Gasteiger partial charge in [0.1, 0.15) is 0 Å². The average Bonchev–Trinajstić information content (AvgIpc) is 2.38. The summed E-state index contributed by atoms with van der Waals surface area (Å²) in [4.78, 5) is 16.4. The quantitative estimate of drug-likeness (QED) is 0.692. The van der Waals surface area contributed by atoms with Crippen molar-refractivity contribution >= 4 is 5.91 Å². The van der Waals surface area contributed by atoms with E-state index in [9.17, 15) is 4.79 Å². The third kappa shape index (κ3) is 5.89. The maximum atomic E-state index is 11.6. The summed E-state index contributed by atoms with van der Waals surface area (Å²) in [5.74, 6) is 0.579. The van der Waals surface area contributed by atoms with Gasteiger partial charge in [0, 0.05) is 51.8 Å². The molecule has 1 unspecified atom stereocenters. The van der Waals surface area contributed by atoms with Crippen LogP contribution in [0, 0.1) is 5.92 Å². The first-order valence-corrected chi connectivity index (χ1v) is 7.34. The van der Waals surface area contributed by atoms with Gasteiger partial charge in [0.25, 0.3) is 0 Å². The molecule has 1 aliphatic rings. The zero-order valence-electron chi connectivity index (χ0n) is 12.6. The van der Waals surface area contributed by atoms with Gasteiger partial charge in [0.15, 0.2) is 0 Å². The maximum Gasteiger partial charge on any atom is 0.220 e. The summed E-state index contributed by atoms with van der Waals surface area (Å²) >= 11 is 0. The van der Waals surface area contributed by atoms with E-state index in [1.165, 1.54) is 0 Å². The molecule has 0 saturated carbocycles. The lowest BCUT2D eigenvalue weighted by atomic mass is 10.0. The third-order valence-electron chi connectivity index (χ3n) is 3.85. The summed E-state index contributed by atoms with van der Waals surface area (Å²) in [6.07, 6.45) is 0.969. The fourth-order valence-corrected chi connectivity index (χ4v) is 2.49. The summed E-state index contributed by atoms with van der Waals surface area (Å²) in [7, 11) is 2.15. The maximum absolute atomic E-state index is 11.6. The van der Waals surface area contributed by atoms with Crippen molar-refractivity contribution in [1.29, 1.82) is 0 Å². The minimum absolute atomic E-state index is 0.0498. The molecular formula is C14H29N3O2. The molecule has 5 nitrogen and oxygen atoms in total. The number of aliphatic hydroxyl groups is 1. The van der Waals surface area contributed by atoms with Crippen molar-refractivity contribution in [2.45, 2.75) is 32.7 Å². The van der Waals surface area contributed by atoms with Crippen molar-refractivity contribution in [3.63, 3.8) is 0 Å². The van der Waals surface area contributed by atoms with Gasteiger partial charge in [-0.2, -0.15) is 0 Å². The van der Waals surface area contributed by atoms with Gasteiger partial charge in [0.2, 0.25) is 5.91 Å². The molecular weight excluding hydrogens is 242 g/mol. The molecule has 0 bridgehead atoms. The summed E-state index contributed by atoms with van der Waals surface area (Å²) in [5.41, 5.74) is 0. The topological polar surface area (TPSA) is 55.8 Å². The summed E-state index contributed by atoms with van der Waals surface area (Å²) < 4.78 is 0. The highest BCUT2D eigenvalue weighted by molar-refractivity contribution is 5.75. The average molecular weight is 271 g/mol. The SMILES string of the molecule is CC(C)C(CNC(=O)CCCO)N1CCN(C)CC1. The predicted molar refractivity (Wildman–Crippen MR) is 77.0 cm³/mol. The number of aliphatic hydroxyl groups excluding tert-OH is 1. The van der Waals surface area contributed by atoms with E-state index in [0.29, 0.717) is 31.3 Å². The standard InChI is InChI=1S/C14H29N3O2/c1-12(2)13(11-15-14(19)5-4-10-18)17-8-6-16(3)7-9-17/h12-13,18H,4-11H2,1-3H3,(H,15,19). The molecule has 0 aromatic carbocycles. The Morgan fingerprint density at radius 3 is 2.42 bits per heavy atom. The molecule has 19 heavy (non-hydrogen) atoms. The van der Waals surface area contributed by atoms with E-state index in [4.69, 9.17) is 5.11 Å². The molecule has 1 atom stereocenters. The van der Waals surface area contributed by atoms with Crippen LogP contribution in [0.1, 0.15) is 26.7 Å². The Morgan fingerprint density at radius 2 is 1.89 bits per heavy atom. The van der Waals surface area contributed by atoms with Crippen molar-refractivity contribution in [3.8, 4) is 0 Å². The Morgan fingerprint density at radius 1 is 1.26 bits per heavy atom. The van der Waals surface area contributed by atoms with E-state index in [2.05, 4.69) is 36.0 Å². The van der Waals surface area contributed by atoms with Gasteiger partial charge in [-0.3, -0.25) is 9.69 Å². The molecule has 1 rings (SSSR count). The van der Waals surface area contributed by atoms with Crippen LogP contribution in [0.5, 0.6) is 0 Å². The van der Waals surface area contributed by atoms with Crippen LogP contribution in [-0.4, -0.2) is 73.2 Å². The van der Waals surface area contributed by atoms with E-state index < -0.39 is 0 Å². The largest absolute Gasteiger partial charge is 0.396 e. The van der Waals surface area contributed by atoms with Gasteiger partial charge in [-0.05, 0) is 19.4 Å². The van der Waals surface area contributed by atoms with Crippen LogP contribution in [0.3, 0.4) is 0 Å². The molecule has 112 valence electrons. The van der Waals surface area contributed by atoms with Crippen LogP contribution >= 0.6 is 0 Å². The fourth-order valence-electron chi connectivity index (χ4n) is 2.49. The number of rotatable bonds is 7. The molecule has 1 saturated heterocycles. The van der Waals surface area contributed by atoms with E-state index in [1.807, 2.05) is 0 Å². The lowest BCUT2D eigenvalue weighted by Crippen LogP contribution is -2.54. The van der Waals surface area contributed by atoms with Crippen LogP contribution in [0.2, 0.25) is 0 Å². The summed E-state index contributed by atoms with van der Waals surface area (Å²) in [6, 6.07) is 0.409. The molecule has 1 fully saturated rings. The van der Waals surface area contributed by atoms with E-state index in [0.717, 1.165) is 26.2 Å². The second-order valence-corrected chi connectivity index (χ2v) is 5.78. The molecule has 0 aliphatic carbocycles. The van der Waals surface area contributed by atoms with Crippen molar-refractivity contribution in [3.05, 3.63) is 0 Å². The number of nitrogens with one attached hydrogen (secondary N) is 1. The van der Waals surface area contributed by atoms with Crippen LogP contribution in [0.25, 0.3) is 0 Å². The van der Waals surface area contributed by atoms with Gasteiger partial charge in [0.05, 0.1) is 0 Å². The van der Waals surface area contributed by atoms with Crippen LogP contribution in [-0.2, 0) is 4.79 Å². The molecule has 0 radical (unpaired) electrons. The first-order chi connectivity index (χ1) is 9.04. The number of carbonyl (C=O) groups excluding carboxylic acids is 1. The summed E-state index contributed by atoms with van der Waals surface area (Å²) in [6.45, 7) is 9.57. The smallest absolute Gasteiger partial charge is 0.220 e. The van der Waals surface area contributed by atoms with Gasteiger partial charge >= 0.3 is 0 Å². The minimum atomic E-state index is 0.0498. The van der Waals surface area contributed by atoms with E-state index >= 15 is 0 Å². The highest BCUT2D eigenvalue weighted by Crippen LogP contribution is 2.12. The molecule has 2 N–H and O–H groups in total. The number of nitrogens with zero attached hydrogens (tertiary/aromatic N) is 2. The van der Waals surface area contributed by atoms with Crippen LogP contribution < -0.4 is 5.32 Å². The molecule has 1 heterocycles. The molecule has 0 aromatic heterocycles. The van der Waals surface area contributed by atoms with Gasteiger partial charge in [-0.25, -0.2) is 0 Å². The van der Waals surface area contributed by atoms with E-state index in [-0.39, 0.29) is 12.5 Å². The van der Waals surface area contributed by atoms with Crippen molar-refractivity contribution < 1.29 is 9.90 Å². The Kier molecular flexibility index (Phi) is 7.34. The monoisotopic (exact) mass is 271 g/mol. The predicted octanol–water partition coefficient (Wildman–Crippen LogP) is 0.147. The second kappa shape index (κ2) is 8.51. The Labute approximate surface area is 117 Å². The fraction of sp³-hybridized carbons (Fsp3) is 0.929. The minimum Gasteiger partial charge on any atom is -0.396 e. The van der Waals surface area contributed by atoms with Gasteiger partial charge in [-0.1, -0.05) is 13.8 Å². The Hall–Kier alpha value is -0.650. The second-order valence-electron chi connectivity index (χ2n) is 5.78. The zero-order valence-corrected chi connectivity index (χ0v) is 12.6. The summed E-state index contributed by atoms with van der Waals surface area (Å²) in [5, 5.41) is 11.7. The Balaban J connectivity index is 2.38. The molecule has 1 amide bonds. The van der Waals surface area contributed by atoms with Gasteiger partial charge < -0.3 is 15.3 Å². The number of hydrogen-bond donors (Lipinski definition) is 2. The van der Waals surface area contributed by atoms with Crippen molar-refractivity contribution in [2.75, 3.05) is 46.4 Å². The van der Waals surface area contributed by atoms with Crippen LogP contribution in [0.15, 0.2) is 0 Å². The number of piperazine rings is 1. The molecule has 0 spiro atoms. The number of hydrogen-bond acceptors (Lipinski definition) is 4.